The fraction of sp³-hybridized carbons (Fsp3) is 0.364. The van der Waals surface area contributed by atoms with Crippen molar-refractivity contribution in [3.8, 4) is 0 Å². The molecule has 1 unspecified atom stereocenters. The Balaban J connectivity index is 3.05. The molecule has 0 spiro atoms. The molecule has 14 heavy (non-hydrogen) atoms. The standard InChI is InChI=1S/C11H12Br2O/c1-7-5-9(6-12)3-4-10(7)11(13)8(2)14/h3-5,11H,6H2,1-2H3. The lowest BCUT2D eigenvalue weighted by Gasteiger charge is -2.10. The molecule has 0 N–H and O–H groups in total. The number of rotatable bonds is 3. The molecular weight excluding hydrogens is 308 g/mol. The summed E-state index contributed by atoms with van der Waals surface area (Å²) in [6.07, 6.45) is 0. The monoisotopic (exact) mass is 318 g/mol. The molecule has 0 aliphatic heterocycles. The van der Waals surface area contributed by atoms with Crippen LogP contribution in [-0.4, -0.2) is 5.78 Å². The number of alkyl halides is 2. The Morgan fingerprint density at radius 2 is 2.14 bits per heavy atom. The third-order valence-electron chi connectivity index (χ3n) is 2.12. The van der Waals surface area contributed by atoms with Crippen LogP contribution >= 0.6 is 31.9 Å². The number of Topliss-reactive ketones (excluding diaryl/α,β-unsaturated/α-hetero) is 1. The second kappa shape index (κ2) is 5.08. The van der Waals surface area contributed by atoms with Crippen LogP contribution < -0.4 is 0 Å². The number of carbonyl (C=O) groups excluding carboxylic acids is 1. The van der Waals surface area contributed by atoms with E-state index in [9.17, 15) is 4.79 Å². The van der Waals surface area contributed by atoms with Gasteiger partial charge < -0.3 is 0 Å². The van der Waals surface area contributed by atoms with Gasteiger partial charge in [-0.25, -0.2) is 0 Å². The lowest BCUT2D eigenvalue weighted by Crippen LogP contribution is -2.03. The van der Waals surface area contributed by atoms with Gasteiger partial charge in [0.05, 0.1) is 4.83 Å². The maximum atomic E-state index is 11.2. The van der Waals surface area contributed by atoms with Gasteiger partial charge in [-0.2, -0.15) is 0 Å². The molecule has 1 nitrogen and oxygen atoms in total. The van der Waals surface area contributed by atoms with E-state index < -0.39 is 0 Å². The van der Waals surface area contributed by atoms with Gasteiger partial charge in [-0.15, -0.1) is 0 Å². The Kier molecular flexibility index (Phi) is 4.32. The molecule has 0 saturated heterocycles. The smallest absolute Gasteiger partial charge is 0.147 e. The van der Waals surface area contributed by atoms with Gasteiger partial charge in [-0.3, -0.25) is 4.79 Å². The van der Waals surface area contributed by atoms with E-state index in [1.165, 1.54) is 5.56 Å². The number of benzene rings is 1. The normalized spacial score (nSPS) is 12.6. The van der Waals surface area contributed by atoms with Crippen LogP contribution in [-0.2, 0) is 10.1 Å². The molecule has 0 radical (unpaired) electrons. The minimum atomic E-state index is -0.174. The molecule has 1 aromatic rings. The Labute approximate surface area is 101 Å². The summed E-state index contributed by atoms with van der Waals surface area (Å²) in [6, 6.07) is 6.14. The highest BCUT2D eigenvalue weighted by Gasteiger charge is 2.14. The SMILES string of the molecule is CC(=O)C(Br)c1ccc(CBr)cc1C. The predicted octanol–water partition coefficient (Wildman–Crippen LogP) is 3.91. The zero-order valence-corrected chi connectivity index (χ0v) is 11.4. The van der Waals surface area contributed by atoms with E-state index in [1.54, 1.807) is 6.92 Å². The predicted molar refractivity (Wildman–Crippen MR) is 66.2 cm³/mol. The van der Waals surface area contributed by atoms with Gasteiger partial charge >= 0.3 is 0 Å². The number of carbonyl (C=O) groups is 1. The van der Waals surface area contributed by atoms with Crippen LogP contribution in [0.1, 0.15) is 28.4 Å². The number of ketones is 1. The molecule has 0 bridgehead atoms. The van der Waals surface area contributed by atoms with Gasteiger partial charge in [-0.1, -0.05) is 50.1 Å². The molecule has 0 aliphatic carbocycles. The van der Waals surface area contributed by atoms with Crippen molar-refractivity contribution in [2.24, 2.45) is 0 Å². The van der Waals surface area contributed by atoms with Gasteiger partial charge in [-0.05, 0) is 30.5 Å². The van der Waals surface area contributed by atoms with Gasteiger partial charge in [0.2, 0.25) is 0 Å². The summed E-state index contributed by atoms with van der Waals surface area (Å²) >= 11 is 6.79. The third-order valence-corrected chi connectivity index (χ3v) is 3.90. The summed E-state index contributed by atoms with van der Waals surface area (Å²) in [5, 5.41) is 0.848. The van der Waals surface area contributed by atoms with Crippen LogP contribution in [0.25, 0.3) is 0 Å². The topological polar surface area (TPSA) is 17.1 Å². The lowest BCUT2D eigenvalue weighted by atomic mass is 10.0. The minimum absolute atomic E-state index is 0.139. The molecule has 76 valence electrons. The van der Waals surface area contributed by atoms with Crippen LogP contribution in [0.3, 0.4) is 0 Å². The van der Waals surface area contributed by atoms with E-state index in [1.807, 2.05) is 19.1 Å². The quantitative estimate of drug-likeness (QED) is 0.772. The first-order valence-electron chi connectivity index (χ1n) is 4.36. The molecule has 1 atom stereocenters. The Hall–Kier alpha value is -0.150. The van der Waals surface area contributed by atoms with Crippen LogP contribution in [0.5, 0.6) is 0 Å². The van der Waals surface area contributed by atoms with Crippen molar-refractivity contribution in [2.75, 3.05) is 0 Å². The lowest BCUT2D eigenvalue weighted by molar-refractivity contribution is -0.116. The molecule has 1 rings (SSSR count). The molecule has 0 aliphatic rings. The van der Waals surface area contributed by atoms with Gasteiger partial charge in [0.25, 0.3) is 0 Å². The first-order chi connectivity index (χ1) is 6.56. The van der Waals surface area contributed by atoms with Crippen molar-refractivity contribution < 1.29 is 4.79 Å². The Morgan fingerprint density at radius 3 is 2.57 bits per heavy atom. The van der Waals surface area contributed by atoms with Crippen molar-refractivity contribution in [3.63, 3.8) is 0 Å². The zero-order chi connectivity index (χ0) is 10.7. The molecule has 0 amide bonds. The van der Waals surface area contributed by atoms with E-state index >= 15 is 0 Å². The first-order valence-corrected chi connectivity index (χ1v) is 6.40. The fourth-order valence-corrected chi connectivity index (χ4v) is 2.19. The second-order valence-corrected chi connectivity index (χ2v) is 4.77. The molecular formula is C11H12Br2O. The zero-order valence-electron chi connectivity index (χ0n) is 8.18. The average Bonchev–Trinajstić information content (AvgIpc) is 2.16. The first kappa shape index (κ1) is 11.9. The summed E-state index contributed by atoms with van der Waals surface area (Å²) in [7, 11) is 0. The van der Waals surface area contributed by atoms with Crippen molar-refractivity contribution in [3.05, 3.63) is 34.9 Å². The van der Waals surface area contributed by atoms with E-state index in [4.69, 9.17) is 0 Å². The fourth-order valence-electron chi connectivity index (χ4n) is 1.32. The van der Waals surface area contributed by atoms with Gasteiger partial charge in [0.15, 0.2) is 0 Å². The van der Waals surface area contributed by atoms with Crippen LogP contribution in [0.15, 0.2) is 18.2 Å². The summed E-state index contributed by atoms with van der Waals surface area (Å²) < 4.78 is 0. The second-order valence-electron chi connectivity index (χ2n) is 3.30. The summed E-state index contributed by atoms with van der Waals surface area (Å²) in [5.41, 5.74) is 3.44. The largest absolute Gasteiger partial charge is 0.298 e. The van der Waals surface area contributed by atoms with E-state index in [2.05, 4.69) is 37.9 Å². The summed E-state index contributed by atoms with van der Waals surface area (Å²) in [4.78, 5) is 11.0. The van der Waals surface area contributed by atoms with E-state index in [-0.39, 0.29) is 10.6 Å². The molecule has 3 heteroatoms. The highest BCUT2D eigenvalue weighted by atomic mass is 79.9. The molecule has 1 aromatic carbocycles. The van der Waals surface area contributed by atoms with Gasteiger partial charge in [0, 0.05) is 5.33 Å². The maximum Gasteiger partial charge on any atom is 0.147 e. The Bertz CT molecular complexity index is 347. The molecule has 0 saturated carbocycles. The highest BCUT2D eigenvalue weighted by molar-refractivity contribution is 9.09. The van der Waals surface area contributed by atoms with Crippen molar-refractivity contribution >= 4 is 37.6 Å². The number of hydrogen-bond acceptors (Lipinski definition) is 1. The van der Waals surface area contributed by atoms with Crippen molar-refractivity contribution in [1.29, 1.82) is 0 Å². The van der Waals surface area contributed by atoms with E-state index in [0.717, 1.165) is 16.5 Å². The van der Waals surface area contributed by atoms with E-state index in [0.29, 0.717) is 0 Å². The van der Waals surface area contributed by atoms with Crippen LogP contribution in [0.4, 0.5) is 0 Å². The molecule has 0 heterocycles. The van der Waals surface area contributed by atoms with Crippen LogP contribution in [0, 0.1) is 6.92 Å². The third kappa shape index (κ3) is 2.67. The summed E-state index contributed by atoms with van der Waals surface area (Å²) in [6.45, 7) is 3.62. The molecule has 0 fully saturated rings. The van der Waals surface area contributed by atoms with Gasteiger partial charge in [0.1, 0.15) is 5.78 Å². The molecule has 0 aromatic heterocycles. The van der Waals surface area contributed by atoms with Crippen molar-refractivity contribution in [2.45, 2.75) is 24.0 Å². The Morgan fingerprint density at radius 1 is 1.50 bits per heavy atom. The summed E-state index contributed by atoms with van der Waals surface area (Å²) in [5.74, 6) is 0.139. The average molecular weight is 320 g/mol. The van der Waals surface area contributed by atoms with Crippen molar-refractivity contribution in [1.82, 2.24) is 0 Å². The maximum absolute atomic E-state index is 11.2. The number of aryl methyl sites for hydroxylation is 1. The highest BCUT2D eigenvalue weighted by Crippen LogP contribution is 2.27. The number of hydrogen-bond donors (Lipinski definition) is 0. The minimum Gasteiger partial charge on any atom is -0.298 e. The van der Waals surface area contributed by atoms with Crippen LogP contribution in [0.2, 0.25) is 0 Å². The number of halogens is 2.